The van der Waals surface area contributed by atoms with Gasteiger partial charge in [-0.25, -0.2) is 8.42 Å². The summed E-state index contributed by atoms with van der Waals surface area (Å²) in [5.74, 6) is 0.477. The number of nitrogens with one attached hydrogen (secondary N) is 1. The van der Waals surface area contributed by atoms with Gasteiger partial charge in [-0.05, 0) is 49.5 Å². The molecule has 1 fully saturated rings. The Bertz CT molecular complexity index is 968. The molecule has 0 unspecified atom stereocenters. The van der Waals surface area contributed by atoms with Crippen molar-refractivity contribution in [1.82, 2.24) is 9.21 Å². The molecule has 2 aromatic carbocycles. The summed E-state index contributed by atoms with van der Waals surface area (Å²) in [5, 5.41) is 2.76. The average molecular weight is 420 g/mol. The molecule has 0 bridgehead atoms. The fraction of sp³-hybridized carbons (Fsp3) is 0.350. The van der Waals surface area contributed by atoms with Crippen LogP contribution in [0.5, 0.6) is 11.5 Å². The minimum Gasteiger partial charge on any atom is -0.497 e. The van der Waals surface area contributed by atoms with Gasteiger partial charge in [0.1, 0.15) is 16.4 Å². The highest BCUT2D eigenvalue weighted by Gasteiger charge is 2.30. The Kier molecular flexibility index (Phi) is 6.41. The van der Waals surface area contributed by atoms with Gasteiger partial charge < -0.3 is 19.7 Å². The normalized spacial score (nSPS) is 15.7. The van der Waals surface area contributed by atoms with Crippen LogP contribution in [0.15, 0.2) is 47.4 Å². The molecule has 1 aliphatic heterocycles. The highest BCUT2D eigenvalue weighted by Crippen LogP contribution is 2.29. The van der Waals surface area contributed by atoms with Crippen LogP contribution < -0.4 is 14.8 Å². The Balaban J connectivity index is 1.86. The van der Waals surface area contributed by atoms with Crippen molar-refractivity contribution in [1.29, 1.82) is 0 Å². The first-order valence-electron chi connectivity index (χ1n) is 9.17. The van der Waals surface area contributed by atoms with Crippen LogP contribution in [0.3, 0.4) is 0 Å². The maximum atomic E-state index is 13.2. The van der Waals surface area contributed by atoms with E-state index in [1.165, 1.54) is 23.5 Å². The number of hydrogen-bond donors (Lipinski definition) is 1. The summed E-state index contributed by atoms with van der Waals surface area (Å²) in [4.78, 5) is 14.7. The number of rotatable bonds is 6. The highest BCUT2D eigenvalue weighted by molar-refractivity contribution is 7.89. The minimum absolute atomic E-state index is 0.00747. The summed E-state index contributed by atoms with van der Waals surface area (Å²) in [5.41, 5.74) is 0.810. The fourth-order valence-electron chi connectivity index (χ4n) is 3.06. The van der Waals surface area contributed by atoms with E-state index < -0.39 is 15.9 Å². The molecule has 0 atom stereocenters. The predicted octanol–water partition coefficient (Wildman–Crippen LogP) is 1.89. The number of piperazine rings is 1. The van der Waals surface area contributed by atoms with E-state index in [4.69, 9.17) is 9.47 Å². The lowest BCUT2D eigenvalue weighted by atomic mass is 10.2. The molecular formula is C20H25N3O5S. The fourth-order valence-corrected chi connectivity index (χ4v) is 4.67. The van der Waals surface area contributed by atoms with Gasteiger partial charge in [0.05, 0.1) is 14.2 Å². The zero-order chi connectivity index (χ0) is 21.0. The van der Waals surface area contributed by atoms with E-state index in [1.807, 2.05) is 7.05 Å². The van der Waals surface area contributed by atoms with Crippen molar-refractivity contribution in [3.05, 3.63) is 48.0 Å². The number of benzene rings is 2. The molecule has 1 N–H and O–H groups in total. The summed E-state index contributed by atoms with van der Waals surface area (Å²) >= 11 is 0. The molecule has 0 saturated carbocycles. The first-order chi connectivity index (χ1) is 13.8. The van der Waals surface area contributed by atoms with Gasteiger partial charge in [-0.3, -0.25) is 4.79 Å². The molecule has 3 rings (SSSR count). The average Bonchev–Trinajstić information content (AvgIpc) is 2.74. The van der Waals surface area contributed by atoms with Gasteiger partial charge in [0.15, 0.2) is 0 Å². The molecule has 9 heteroatoms. The zero-order valence-electron chi connectivity index (χ0n) is 16.7. The second-order valence-corrected chi connectivity index (χ2v) is 8.66. The lowest BCUT2D eigenvalue weighted by molar-refractivity contribution is 0.102. The van der Waals surface area contributed by atoms with Gasteiger partial charge >= 0.3 is 0 Å². The number of sulfonamides is 1. The first kappa shape index (κ1) is 21.1. The summed E-state index contributed by atoms with van der Waals surface area (Å²) in [6, 6.07) is 11.3. The maximum Gasteiger partial charge on any atom is 0.255 e. The Hall–Kier alpha value is -2.62. The standard InChI is InChI=1S/C20H25N3O5S/c1-22-10-12-23(13-11-22)29(25,26)19-14-15(4-9-18(19)28-3)20(24)21-16-5-7-17(27-2)8-6-16/h4-9,14H,10-13H2,1-3H3,(H,21,24). The second-order valence-electron chi connectivity index (χ2n) is 6.76. The van der Waals surface area contributed by atoms with Crippen LogP contribution in [-0.4, -0.2) is 71.0 Å². The van der Waals surface area contributed by atoms with Crippen LogP contribution in [0.4, 0.5) is 5.69 Å². The third kappa shape index (κ3) is 4.69. The molecular weight excluding hydrogens is 394 g/mol. The second kappa shape index (κ2) is 8.81. The van der Waals surface area contributed by atoms with Gasteiger partial charge in [0, 0.05) is 37.4 Å². The molecule has 0 aromatic heterocycles. The van der Waals surface area contributed by atoms with Crippen molar-refractivity contribution in [2.45, 2.75) is 4.90 Å². The van der Waals surface area contributed by atoms with Crippen molar-refractivity contribution >= 4 is 21.6 Å². The monoisotopic (exact) mass is 419 g/mol. The van der Waals surface area contributed by atoms with Crippen LogP contribution in [0.1, 0.15) is 10.4 Å². The third-order valence-corrected chi connectivity index (χ3v) is 6.77. The summed E-state index contributed by atoms with van der Waals surface area (Å²) in [6.45, 7) is 2.09. The number of ether oxygens (including phenoxy) is 2. The molecule has 1 aliphatic rings. The number of nitrogens with zero attached hydrogens (tertiary/aromatic N) is 2. The summed E-state index contributed by atoms with van der Waals surface area (Å²) < 4.78 is 38.1. The molecule has 0 spiro atoms. The topological polar surface area (TPSA) is 88.2 Å². The third-order valence-electron chi connectivity index (χ3n) is 4.85. The van der Waals surface area contributed by atoms with Crippen molar-refractivity contribution in [2.24, 2.45) is 0 Å². The molecule has 1 saturated heterocycles. The van der Waals surface area contributed by atoms with Gasteiger partial charge in [-0.2, -0.15) is 4.31 Å². The zero-order valence-corrected chi connectivity index (χ0v) is 17.5. The minimum atomic E-state index is -3.78. The number of anilines is 1. The number of likely N-dealkylation sites (N-methyl/N-ethyl adjacent to an activating group) is 1. The molecule has 8 nitrogen and oxygen atoms in total. The number of hydrogen-bond acceptors (Lipinski definition) is 6. The molecule has 29 heavy (non-hydrogen) atoms. The van der Waals surface area contributed by atoms with E-state index in [1.54, 1.807) is 37.4 Å². The first-order valence-corrected chi connectivity index (χ1v) is 10.6. The lowest BCUT2D eigenvalue weighted by Crippen LogP contribution is -2.47. The molecule has 156 valence electrons. The smallest absolute Gasteiger partial charge is 0.255 e. The van der Waals surface area contributed by atoms with Gasteiger partial charge in [-0.15, -0.1) is 0 Å². The van der Waals surface area contributed by atoms with E-state index in [-0.39, 0.29) is 16.2 Å². The predicted molar refractivity (Wildman–Crippen MR) is 110 cm³/mol. The lowest BCUT2D eigenvalue weighted by Gasteiger charge is -2.31. The number of methoxy groups -OCH3 is 2. The van der Waals surface area contributed by atoms with Crippen molar-refractivity contribution in [3.8, 4) is 11.5 Å². The Morgan fingerprint density at radius 2 is 1.62 bits per heavy atom. The Morgan fingerprint density at radius 1 is 0.966 bits per heavy atom. The van der Waals surface area contributed by atoms with E-state index in [2.05, 4.69) is 10.2 Å². The largest absolute Gasteiger partial charge is 0.497 e. The SMILES string of the molecule is COc1ccc(NC(=O)c2ccc(OC)c(S(=O)(=O)N3CCN(C)CC3)c2)cc1. The van der Waals surface area contributed by atoms with Crippen LogP contribution in [0.2, 0.25) is 0 Å². The van der Waals surface area contributed by atoms with Crippen LogP contribution in [0, 0.1) is 0 Å². The van der Waals surface area contributed by atoms with Gasteiger partial charge in [0.25, 0.3) is 5.91 Å². The van der Waals surface area contributed by atoms with E-state index >= 15 is 0 Å². The van der Waals surface area contributed by atoms with E-state index in [0.29, 0.717) is 37.6 Å². The van der Waals surface area contributed by atoms with E-state index in [0.717, 1.165) is 0 Å². The molecule has 2 aromatic rings. The van der Waals surface area contributed by atoms with Crippen LogP contribution in [0.25, 0.3) is 0 Å². The highest BCUT2D eigenvalue weighted by atomic mass is 32.2. The van der Waals surface area contributed by atoms with Crippen LogP contribution in [-0.2, 0) is 10.0 Å². The van der Waals surface area contributed by atoms with Crippen LogP contribution >= 0.6 is 0 Å². The Labute approximate surface area is 171 Å². The van der Waals surface area contributed by atoms with Crippen molar-refractivity contribution in [3.63, 3.8) is 0 Å². The molecule has 1 heterocycles. The van der Waals surface area contributed by atoms with Crippen molar-refractivity contribution in [2.75, 3.05) is 52.8 Å². The summed E-state index contributed by atoms with van der Waals surface area (Å²) in [6.07, 6.45) is 0. The Morgan fingerprint density at radius 3 is 2.21 bits per heavy atom. The quantitative estimate of drug-likeness (QED) is 0.769. The molecule has 0 aliphatic carbocycles. The number of amides is 1. The summed E-state index contributed by atoms with van der Waals surface area (Å²) in [7, 11) is 1.15. The van der Waals surface area contributed by atoms with E-state index in [9.17, 15) is 13.2 Å². The number of carbonyl (C=O) groups excluding carboxylic acids is 1. The van der Waals surface area contributed by atoms with Gasteiger partial charge in [0.2, 0.25) is 10.0 Å². The molecule has 0 radical (unpaired) electrons. The number of carbonyl (C=O) groups is 1. The maximum absolute atomic E-state index is 13.2. The van der Waals surface area contributed by atoms with Gasteiger partial charge in [-0.1, -0.05) is 0 Å². The van der Waals surface area contributed by atoms with Crippen molar-refractivity contribution < 1.29 is 22.7 Å². The molecule has 1 amide bonds.